The third-order valence-electron chi connectivity index (χ3n) is 4.33. The van der Waals surface area contributed by atoms with Gasteiger partial charge in [0.1, 0.15) is 5.65 Å². The highest BCUT2D eigenvalue weighted by atomic mass is 15.0. The maximum absolute atomic E-state index is 4.53. The van der Waals surface area contributed by atoms with Gasteiger partial charge in [0.2, 0.25) is 0 Å². The summed E-state index contributed by atoms with van der Waals surface area (Å²) < 4.78 is 2.28. The fraction of sp³-hybridized carbons (Fsp3) is 0.562. The fourth-order valence-electron chi connectivity index (χ4n) is 3.25. The number of aromatic nitrogens is 2. The van der Waals surface area contributed by atoms with Crippen molar-refractivity contribution in [1.82, 2.24) is 14.9 Å². The van der Waals surface area contributed by atoms with E-state index in [0.29, 0.717) is 6.04 Å². The van der Waals surface area contributed by atoms with E-state index in [-0.39, 0.29) is 0 Å². The number of aryl methyl sites for hydroxylation is 1. The summed E-state index contributed by atoms with van der Waals surface area (Å²) in [4.78, 5) is 4.53. The predicted molar refractivity (Wildman–Crippen MR) is 79.4 cm³/mol. The molecule has 3 heteroatoms. The van der Waals surface area contributed by atoms with Gasteiger partial charge in [0, 0.05) is 30.4 Å². The smallest absolute Gasteiger partial charge is 0.140 e. The van der Waals surface area contributed by atoms with E-state index in [0.717, 1.165) is 18.6 Å². The van der Waals surface area contributed by atoms with Crippen molar-refractivity contribution in [1.29, 1.82) is 0 Å². The van der Waals surface area contributed by atoms with Crippen molar-refractivity contribution in [2.75, 3.05) is 6.54 Å². The van der Waals surface area contributed by atoms with Crippen molar-refractivity contribution in [3.63, 3.8) is 0 Å². The first-order valence-electron chi connectivity index (χ1n) is 7.45. The van der Waals surface area contributed by atoms with Gasteiger partial charge in [0.25, 0.3) is 0 Å². The quantitative estimate of drug-likeness (QED) is 0.854. The van der Waals surface area contributed by atoms with Crippen LogP contribution in [0.15, 0.2) is 18.3 Å². The summed E-state index contributed by atoms with van der Waals surface area (Å²) in [6.45, 7) is 3.40. The van der Waals surface area contributed by atoms with E-state index in [1.807, 2.05) is 6.20 Å². The van der Waals surface area contributed by atoms with Crippen LogP contribution in [0, 0.1) is 0 Å². The van der Waals surface area contributed by atoms with Gasteiger partial charge in [-0.05, 0) is 49.9 Å². The van der Waals surface area contributed by atoms with Gasteiger partial charge in [-0.2, -0.15) is 0 Å². The molecule has 1 atom stereocenters. The molecular formula is C16H23N3. The number of fused-ring (bicyclic) bond motifs is 3. The molecule has 1 unspecified atom stereocenters. The molecule has 102 valence electrons. The van der Waals surface area contributed by atoms with E-state index in [9.17, 15) is 0 Å². The molecule has 0 amide bonds. The number of hydrogen-bond donors (Lipinski definition) is 1. The molecule has 0 radical (unpaired) electrons. The molecule has 3 rings (SSSR count). The lowest BCUT2D eigenvalue weighted by Crippen LogP contribution is -2.35. The van der Waals surface area contributed by atoms with E-state index in [4.69, 9.17) is 0 Å². The van der Waals surface area contributed by atoms with Crippen molar-refractivity contribution in [3.8, 4) is 0 Å². The van der Waals surface area contributed by atoms with Crippen molar-refractivity contribution >= 4 is 11.0 Å². The molecule has 0 spiro atoms. The SMILES string of the molecule is CCCCNC1CCc2c(c3cccnc3n2C)C1. The van der Waals surface area contributed by atoms with E-state index < -0.39 is 0 Å². The second-order valence-corrected chi connectivity index (χ2v) is 5.61. The number of unbranched alkanes of at least 4 members (excludes halogenated alkanes) is 1. The summed E-state index contributed by atoms with van der Waals surface area (Å²) in [7, 11) is 2.15. The van der Waals surface area contributed by atoms with Crippen LogP contribution in [0.3, 0.4) is 0 Å². The van der Waals surface area contributed by atoms with Gasteiger partial charge in [-0.15, -0.1) is 0 Å². The molecule has 2 aromatic heterocycles. The van der Waals surface area contributed by atoms with Crippen LogP contribution in [-0.4, -0.2) is 22.1 Å². The Morgan fingerprint density at radius 1 is 1.47 bits per heavy atom. The van der Waals surface area contributed by atoms with Crippen molar-refractivity contribution in [3.05, 3.63) is 29.6 Å². The third-order valence-corrected chi connectivity index (χ3v) is 4.33. The zero-order chi connectivity index (χ0) is 13.2. The van der Waals surface area contributed by atoms with Gasteiger partial charge in [0.15, 0.2) is 0 Å². The van der Waals surface area contributed by atoms with Crippen molar-refractivity contribution < 1.29 is 0 Å². The lowest BCUT2D eigenvalue weighted by Gasteiger charge is -2.24. The predicted octanol–water partition coefficient (Wildman–Crippen LogP) is 2.82. The fourth-order valence-corrected chi connectivity index (χ4v) is 3.25. The average molecular weight is 257 g/mol. The van der Waals surface area contributed by atoms with Crippen LogP contribution in [0.4, 0.5) is 0 Å². The van der Waals surface area contributed by atoms with E-state index in [1.165, 1.54) is 42.3 Å². The molecule has 3 nitrogen and oxygen atoms in total. The van der Waals surface area contributed by atoms with E-state index >= 15 is 0 Å². The summed E-state index contributed by atoms with van der Waals surface area (Å²) in [6.07, 6.45) is 8.02. The molecule has 1 N–H and O–H groups in total. The second-order valence-electron chi connectivity index (χ2n) is 5.61. The molecule has 0 saturated heterocycles. The molecule has 1 aliphatic carbocycles. The standard InChI is InChI=1S/C16H23N3/c1-3-4-9-17-12-7-8-15-14(11-12)13-6-5-10-18-16(13)19(15)2/h5-6,10,12,17H,3-4,7-9,11H2,1-2H3. The summed E-state index contributed by atoms with van der Waals surface area (Å²) >= 11 is 0. The summed E-state index contributed by atoms with van der Waals surface area (Å²) in [5.74, 6) is 0. The highest BCUT2D eigenvalue weighted by Gasteiger charge is 2.24. The largest absolute Gasteiger partial charge is 0.332 e. The van der Waals surface area contributed by atoms with E-state index in [2.05, 4.69) is 41.0 Å². The summed E-state index contributed by atoms with van der Waals surface area (Å²) in [5.41, 5.74) is 4.15. The normalized spacial score (nSPS) is 18.7. The molecule has 19 heavy (non-hydrogen) atoms. The van der Waals surface area contributed by atoms with Crippen LogP contribution >= 0.6 is 0 Å². The number of nitrogens with one attached hydrogen (secondary N) is 1. The molecule has 0 saturated carbocycles. The molecule has 0 aliphatic heterocycles. The number of hydrogen-bond acceptors (Lipinski definition) is 2. The summed E-state index contributed by atoms with van der Waals surface area (Å²) in [5, 5.41) is 5.06. The van der Waals surface area contributed by atoms with E-state index in [1.54, 1.807) is 0 Å². The van der Waals surface area contributed by atoms with Crippen molar-refractivity contribution in [2.45, 2.75) is 45.1 Å². The van der Waals surface area contributed by atoms with Crippen LogP contribution in [0.25, 0.3) is 11.0 Å². The molecule has 0 fully saturated rings. The minimum atomic E-state index is 0.643. The first kappa shape index (κ1) is 12.7. The molecule has 2 heterocycles. The Kier molecular flexibility index (Phi) is 3.56. The van der Waals surface area contributed by atoms with Crippen LogP contribution in [0.1, 0.15) is 37.4 Å². The highest BCUT2D eigenvalue weighted by molar-refractivity contribution is 5.82. The van der Waals surface area contributed by atoms with Crippen molar-refractivity contribution in [2.24, 2.45) is 7.05 Å². The monoisotopic (exact) mass is 257 g/mol. The lowest BCUT2D eigenvalue weighted by molar-refractivity contribution is 0.448. The zero-order valence-corrected chi connectivity index (χ0v) is 11.9. The number of nitrogens with zero attached hydrogens (tertiary/aromatic N) is 2. The van der Waals surface area contributed by atoms with Gasteiger partial charge in [-0.3, -0.25) is 0 Å². The Morgan fingerprint density at radius 2 is 2.37 bits per heavy atom. The molecular weight excluding hydrogens is 234 g/mol. The Balaban J connectivity index is 1.86. The molecule has 1 aliphatic rings. The maximum Gasteiger partial charge on any atom is 0.140 e. The first-order valence-corrected chi connectivity index (χ1v) is 7.45. The maximum atomic E-state index is 4.53. The van der Waals surface area contributed by atoms with Gasteiger partial charge < -0.3 is 9.88 Å². The number of rotatable bonds is 4. The first-order chi connectivity index (χ1) is 9.31. The van der Waals surface area contributed by atoms with Gasteiger partial charge in [-0.25, -0.2) is 4.98 Å². The summed E-state index contributed by atoms with van der Waals surface area (Å²) in [6, 6.07) is 4.91. The Bertz CT molecular complexity index is 571. The lowest BCUT2D eigenvalue weighted by atomic mass is 9.91. The minimum Gasteiger partial charge on any atom is -0.332 e. The van der Waals surface area contributed by atoms with Crippen LogP contribution in [0.5, 0.6) is 0 Å². The average Bonchev–Trinajstić information content (AvgIpc) is 2.73. The number of pyridine rings is 1. The highest BCUT2D eigenvalue weighted by Crippen LogP contribution is 2.30. The Labute approximate surface area is 115 Å². The van der Waals surface area contributed by atoms with Gasteiger partial charge in [-0.1, -0.05) is 13.3 Å². The van der Waals surface area contributed by atoms with Gasteiger partial charge in [0.05, 0.1) is 0 Å². The zero-order valence-electron chi connectivity index (χ0n) is 11.9. The van der Waals surface area contributed by atoms with Crippen LogP contribution in [0.2, 0.25) is 0 Å². The Morgan fingerprint density at radius 3 is 3.21 bits per heavy atom. The molecule has 2 aromatic rings. The van der Waals surface area contributed by atoms with Gasteiger partial charge >= 0.3 is 0 Å². The Hall–Kier alpha value is -1.35. The second kappa shape index (κ2) is 5.33. The third kappa shape index (κ3) is 2.27. The molecule has 0 bridgehead atoms. The topological polar surface area (TPSA) is 29.9 Å². The van der Waals surface area contributed by atoms with Crippen LogP contribution < -0.4 is 5.32 Å². The molecule has 0 aromatic carbocycles. The minimum absolute atomic E-state index is 0.643. The van der Waals surface area contributed by atoms with Crippen LogP contribution in [-0.2, 0) is 19.9 Å².